The molecule has 6 heteroatoms. The number of rotatable bonds is 2. The normalized spacial score (nSPS) is 16.3. The zero-order chi connectivity index (χ0) is 19.3. The van der Waals surface area contributed by atoms with Gasteiger partial charge in [0.2, 0.25) is 0 Å². The van der Waals surface area contributed by atoms with Gasteiger partial charge in [-0.05, 0) is 42.2 Å². The molecule has 0 unspecified atom stereocenters. The largest absolute Gasteiger partial charge is 0.397 e. The first-order valence-corrected chi connectivity index (χ1v) is 9.50. The van der Waals surface area contributed by atoms with Crippen LogP contribution in [0.4, 0.5) is 5.69 Å². The number of aromatic nitrogens is 3. The Hall–Kier alpha value is -3.18. The third-order valence-electron chi connectivity index (χ3n) is 5.30. The summed E-state index contributed by atoms with van der Waals surface area (Å²) in [6.45, 7) is 0. The second kappa shape index (κ2) is 6.46. The Morgan fingerprint density at radius 1 is 1.07 bits per heavy atom. The highest BCUT2D eigenvalue weighted by Crippen LogP contribution is 2.37. The van der Waals surface area contributed by atoms with E-state index in [0.29, 0.717) is 40.1 Å². The molecule has 0 bridgehead atoms. The van der Waals surface area contributed by atoms with E-state index in [9.17, 15) is 4.79 Å². The lowest BCUT2D eigenvalue weighted by atomic mass is 9.81. The number of nitrogens with zero attached hydrogens (tertiary/aromatic N) is 3. The van der Waals surface area contributed by atoms with E-state index in [2.05, 4.69) is 5.10 Å². The Morgan fingerprint density at radius 3 is 2.68 bits per heavy atom. The molecule has 4 aromatic rings. The fraction of sp³-hybridized carbons (Fsp3) is 0.136. The lowest BCUT2D eigenvalue weighted by Gasteiger charge is -2.24. The molecule has 5 nitrogen and oxygen atoms in total. The summed E-state index contributed by atoms with van der Waals surface area (Å²) in [5.74, 6) is 0.0572. The van der Waals surface area contributed by atoms with E-state index in [-0.39, 0.29) is 11.7 Å². The highest BCUT2D eigenvalue weighted by Gasteiger charge is 2.31. The molecule has 2 aromatic heterocycles. The molecule has 28 heavy (non-hydrogen) atoms. The third-order valence-corrected chi connectivity index (χ3v) is 5.54. The van der Waals surface area contributed by atoms with Crippen molar-refractivity contribution in [3.05, 3.63) is 82.6 Å². The van der Waals surface area contributed by atoms with Crippen LogP contribution in [0.5, 0.6) is 0 Å². The number of nitrogens with two attached hydrogens (primary N) is 1. The molecule has 2 heterocycles. The Balaban J connectivity index is 1.65. The number of carbonyl (C=O) groups excluding carboxylic acids is 1. The third kappa shape index (κ3) is 2.67. The summed E-state index contributed by atoms with van der Waals surface area (Å²) >= 11 is 6.15. The average Bonchev–Trinajstić information content (AvgIpc) is 3.12. The molecule has 5 rings (SSSR count). The second-order valence-corrected chi connectivity index (χ2v) is 7.50. The van der Waals surface area contributed by atoms with Crippen molar-refractivity contribution in [1.29, 1.82) is 0 Å². The number of benzene rings is 2. The summed E-state index contributed by atoms with van der Waals surface area (Å²) in [5.41, 5.74) is 10.7. The van der Waals surface area contributed by atoms with Crippen molar-refractivity contribution in [2.24, 2.45) is 0 Å². The zero-order valence-electron chi connectivity index (χ0n) is 15.0. The number of ketones is 1. The number of hydrogen-bond acceptors (Lipinski definition) is 4. The van der Waals surface area contributed by atoms with Crippen LogP contribution in [0.1, 0.15) is 34.0 Å². The van der Waals surface area contributed by atoms with E-state index in [1.165, 1.54) is 0 Å². The standard InChI is InChI=1S/C22H17ClN4O/c23-15-6-4-5-13(9-15)14-10-18-20(19(28)11-14)21(24)17-12-25-27(22(17)26-18)16-7-2-1-3-8-16/h1-9,12,14H,10-11H2,(H2,24,26)/t14-/m0/s1. The van der Waals surface area contributed by atoms with Crippen molar-refractivity contribution < 1.29 is 4.79 Å². The van der Waals surface area contributed by atoms with Crippen molar-refractivity contribution in [2.45, 2.75) is 18.8 Å². The second-order valence-electron chi connectivity index (χ2n) is 7.06. The number of Topliss-reactive ketones (excluding diaryl/α,β-unsaturated/α-hetero) is 1. The van der Waals surface area contributed by atoms with Crippen LogP contribution in [-0.2, 0) is 6.42 Å². The van der Waals surface area contributed by atoms with E-state index in [1.54, 1.807) is 10.9 Å². The van der Waals surface area contributed by atoms with Gasteiger partial charge in [0.05, 0.1) is 34.2 Å². The quantitative estimate of drug-likeness (QED) is 0.546. The molecule has 0 spiro atoms. The summed E-state index contributed by atoms with van der Waals surface area (Å²) in [4.78, 5) is 17.7. The molecule has 0 radical (unpaired) electrons. The van der Waals surface area contributed by atoms with Gasteiger partial charge in [-0.25, -0.2) is 9.67 Å². The number of pyridine rings is 1. The number of nitrogen functional groups attached to an aromatic ring is 1. The van der Waals surface area contributed by atoms with Gasteiger partial charge in [0, 0.05) is 11.4 Å². The first kappa shape index (κ1) is 17.0. The molecule has 138 valence electrons. The van der Waals surface area contributed by atoms with Crippen LogP contribution < -0.4 is 5.73 Å². The highest BCUT2D eigenvalue weighted by molar-refractivity contribution is 6.30. The van der Waals surface area contributed by atoms with Crippen LogP contribution in [0, 0.1) is 0 Å². The molecule has 2 aromatic carbocycles. The summed E-state index contributed by atoms with van der Waals surface area (Å²) in [5, 5.41) is 5.83. The SMILES string of the molecule is Nc1c2c(nc3c1cnn3-c1ccccc1)C[C@H](c1cccc(Cl)c1)CC2=O. The van der Waals surface area contributed by atoms with Gasteiger partial charge in [-0.15, -0.1) is 0 Å². The summed E-state index contributed by atoms with van der Waals surface area (Å²) in [7, 11) is 0. The van der Waals surface area contributed by atoms with E-state index in [1.807, 2.05) is 54.6 Å². The predicted octanol–water partition coefficient (Wildman–Crippen LogP) is 4.57. The molecule has 1 aliphatic carbocycles. The summed E-state index contributed by atoms with van der Waals surface area (Å²) in [6, 6.07) is 17.4. The predicted molar refractivity (Wildman–Crippen MR) is 110 cm³/mol. The fourth-order valence-electron chi connectivity index (χ4n) is 3.96. The van der Waals surface area contributed by atoms with E-state index in [0.717, 1.165) is 16.9 Å². The van der Waals surface area contributed by atoms with Crippen molar-refractivity contribution in [2.75, 3.05) is 5.73 Å². The van der Waals surface area contributed by atoms with Gasteiger partial charge < -0.3 is 5.73 Å². The lowest BCUT2D eigenvalue weighted by molar-refractivity contribution is 0.0964. The molecule has 2 N–H and O–H groups in total. The van der Waals surface area contributed by atoms with E-state index >= 15 is 0 Å². The van der Waals surface area contributed by atoms with Crippen molar-refractivity contribution >= 4 is 34.1 Å². The van der Waals surface area contributed by atoms with Gasteiger partial charge >= 0.3 is 0 Å². The Labute approximate surface area is 166 Å². The maximum Gasteiger partial charge on any atom is 0.167 e. The van der Waals surface area contributed by atoms with Crippen LogP contribution in [0.25, 0.3) is 16.7 Å². The molecule has 1 atom stereocenters. The lowest BCUT2D eigenvalue weighted by Crippen LogP contribution is -2.22. The molecule has 0 saturated heterocycles. The minimum atomic E-state index is 0.0191. The number of halogens is 1. The maximum atomic E-state index is 12.9. The van der Waals surface area contributed by atoms with Gasteiger partial charge in [-0.1, -0.05) is 41.9 Å². The highest BCUT2D eigenvalue weighted by atomic mass is 35.5. The van der Waals surface area contributed by atoms with E-state index < -0.39 is 0 Å². The number of hydrogen-bond donors (Lipinski definition) is 1. The summed E-state index contributed by atoms with van der Waals surface area (Å²) in [6.07, 6.45) is 2.72. The van der Waals surface area contributed by atoms with Gasteiger partial charge in [-0.2, -0.15) is 5.10 Å². The van der Waals surface area contributed by atoms with Crippen molar-refractivity contribution in [1.82, 2.24) is 14.8 Å². The minimum Gasteiger partial charge on any atom is -0.397 e. The average molecular weight is 389 g/mol. The molecule has 0 amide bonds. The number of para-hydroxylation sites is 1. The molecule has 0 saturated carbocycles. The minimum absolute atomic E-state index is 0.0191. The maximum absolute atomic E-state index is 12.9. The first-order chi connectivity index (χ1) is 13.6. The molecule has 0 fully saturated rings. The summed E-state index contributed by atoms with van der Waals surface area (Å²) < 4.78 is 1.76. The first-order valence-electron chi connectivity index (χ1n) is 9.12. The van der Waals surface area contributed by atoms with Gasteiger partial charge in [0.15, 0.2) is 11.4 Å². The number of anilines is 1. The van der Waals surface area contributed by atoms with Crippen LogP contribution in [-0.4, -0.2) is 20.5 Å². The number of fused-ring (bicyclic) bond motifs is 2. The molecule has 0 aliphatic heterocycles. The van der Waals surface area contributed by atoms with Crippen molar-refractivity contribution in [3.63, 3.8) is 0 Å². The molecular weight excluding hydrogens is 372 g/mol. The number of carbonyl (C=O) groups is 1. The van der Waals surface area contributed by atoms with Crippen molar-refractivity contribution in [3.8, 4) is 5.69 Å². The van der Waals surface area contributed by atoms with Gasteiger partial charge in [-0.3, -0.25) is 4.79 Å². The van der Waals surface area contributed by atoms with Crippen LogP contribution in [0.15, 0.2) is 60.8 Å². The van der Waals surface area contributed by atoms with Gasteiger partial charge in [0.1, 0.15) is 0 Å². The van der Waals surface area contributed by atoms with E-state index in [4.69, 9.17) is 22.3 Å². The van der Waals surface area contributed by atoms with Crippen LogP contribution in [0.2, 0.25) is 5.02 Å². The molecular formula is C22H17ClN4O. The van der Waals surface area contributed by atoms with Gasteiger partial charge in [0.25, 0.3) is 0 Å². The molecule has 1 aliphatic rings. The van der Waals surface area contributed by atoms with Crippen LogP contribution in [0.3, 0.4) is 0 Å². The Bertz CT molecular complexity index is 1220. The monoisotopic (exact) mass is 388 g/mol. The Morgan fingerprint density at radius 2 is 1.89 bits per heavy atom. The zero-order valence-corrected chi connectivity index (χ0v) is 15.7. The Kier molecular flexibility index (Phi) is 3.91. The fourth-order valence-corrected chi connectivity index (χ4v) is 4.16. The van der Waals surface area contributed by atoms with Crippen LogP contribution >= 0.6 is 11.6 Å². The smallest absolute Gasteiger partial charge is 0.167 e. The topological polar surface area (TPSA) is 73.8 Å².